The maximum atomic E-state index is 12.9. The zero-order valence-corrected chi connectivity index (χ0v) is 17.5. The van der Waals surface area contributed by atoms with Crippen molar-refractivity contribution in [1.82, 2.24) is 14.8 Å². The molecule has 5 nitrogen and oxygen atoms in total. The van der Waals surface area contributed by atoms with E-state index < -0.39 is 0 Å². The van der Waals surface area contributed by atoms with Crippen LogP contribution in [0, 0.1) is 0 Å². The van der Waals surface area contributed by atoms with E-state index in [2.05, 4.69) is 26.1 Å². The van der Waals surface area contributed by atoms with Crippen molar-refractivity contribution in [2.45, 2.75) is 36.2 Å². The summed E-state index contributed by atoms with van der Waals surface area (Å²) in [6.45, 7) is 1.92. The first kappa shape index (κ1) is 18.4. The third-order valence-electron chi connectivity index (χ3n) is 5.02. The van der Waals surface area contributed by atoms with Gasteiger partial charge in [0, 0.05) is 17.1 Å². The Morgan fingerprint density at radius 1 is 1.14 bits per heavy atom. The van der Waals surface area contributed by atoms with E-state index in [0.29, 0.717) is 6.04 Å². The second-order valence-corrected chi connectivity index (χ2v) is 9.42. The van der Waals surface area contributed by atoms with Crippen LogP contribution >= 0.6 is 23.1 Å². The molecule has 2 aromatic carbocycles. The zero-order valence-electron chi connectivity index (χ0n) is 15.9. The van der Waals surface area contributed by atoms with Crippen LogP contribution in [0.4, 0.5) is 5.69 Å². The molecule has 1 amide bonds. The number of benzene rings is 2. The molecule has 1 aliphatic rings. The van der Waals surface area contributed by atoms with E-state index in [1.165, 1.54) is 11.8 Å². The van der Waals surface area contributed by atoms with Gasteiger partial charge in [0.1, 0.15) is 0 Å². The highest BCUT2D eigenvalue weighted by Gasteiger charge is 2.31. The van der Waals surface area contributed by atoms with Gasteiger partial charge in [-0.25, -0.2) is 0 Å². The lowest BCUT2D eigenvalue weighted by Gasteiger charge is -2.14. The van der Waals surface area contributed by atoms with Crippen molar-refractivity contribution >= 4 is 45.5 Å². The molecule has 1 N–H and O–H groups in total. The molecule has 0 aliphatic heterocycles. The Balaban J connectivity index is 1.36. The molecule has 2 heterocycles. The van der Waals surface area contributed by atoms with Crippen molar-refractivity contribution < 1.29 is 4.79 Å². The summed E-state index contributed by atoms with van der Waals surface area (Å²) in [6, 6.07) is 18.6. The number of nitrogens with zero attached hydrogens (tertiary/aromatic N) is 3. The van der Waals surface area contributed by atoms with Crippen LogP contribution in [0.3, 0.4) is 0 Å². The molecule has 1 atom stereocenters. The van der Waals surface area contributed by atoms with E-state index in [1.807, 2.05) is 60.8 Å². The van der Waals surface area contributed by atoms with Crippen LogP contribution in [0.1, 0.15) is 25.8 Å². The van der Waals surface area contributed by atoms with Crippen molar-refractivity contribution in [2.24, 2.45) is 0 Å². The first-order chi connectivity index (χ1) is 14.2. The van der Waals surface area contributed by atoms with Crippen LogP contribution < -0.4 is 5.32 Å². The van der Waals surface area contributed by atoms with Crippen LogP contribution in [0.15, 0.2) is 65.1 Å². The molecule has 7 heteroatoms. The fourth-order valence-corrected chi connectivity index (χ4v) is 5.00. The minimum absolute atomic E-state index is 0.0330. The van der Waals surface area contributed by atoms with Gasteiger partial charge < -0.3 is 5.32 Å². The quantitative estimate of drug-likeness (QED) is 0.412. The fraction of sp³-hybridized carbons (Fsp3) is 0.227. The third-order valence-corrected chi connectivity index (χ3v) is 6.94. The fourth-order valence-electron chi connectivity index (χ4n) is 3.37. The summed E-state index contributed by atoms with van der Waals surface area (Å²) in [6.07, 6.45) is 2.28. The summed E-state index contributed by atoms with van der Waals surface area (Å²) in [5.74, 6) is 0.876. The van der Waals surface area contributed by atoms with Crippen molar-refractivity contribution in [3.05, 3.63) is 60.0 Å². The average molecular weight is 421 g/mol. The number of thiophene rings is 1. The number of aromatic nitrogens is 3. The maximum Gasteiger partial charge on any atom is 0.237 e. The molecule has 4 aromatic rings. The van der Waals surface area contributed by atoms with E-state index in [0.717, 1.165) is 45.2 Å². The van der Waals surface area contributed by atoms with E-state index in [4.69, 9.17) is 0 Å². The van der Waals surface area contributed by atoms with Gasteiger partial charge in [0.15, 0.2) is 11.0 Å². The molecule has 0 saturated heterocycles. The van der Waals surface area contributed by atoms with Crippen LogP contribution in [0.2, 0.25) is 0 Å². The molecule has 1 saturated carbocycles. The number of amides is 1. The summed E-state index contributed by atoms with van der Waals surface area (Å²) in [5, 5.41) is 16.7. The Bertz CT molecular complexity index is 1160. The lowest BCUT2D eigenvalue weighted by atomic mass is 10.1. The van der Waals surface area contributed by atoms with Gasteiger partial charge in [-0.1, -0.05) is 54.2 Å². The first-order valence-corrected chi connectivity index (χ1v) is 11.4. The van der Waals surface area contributed by atoms with E-state index in [9.17, 15) is 4.79 Å². The van der Waals surface area contributed by atoms with E-state index in [-0.39, 0.29) is 11.2 Å². The Kier molecular flexibility index (Phi) is 4.85. The van der Waals surface area contributed by atoms with Crippen molar-refractivity contribution in [1.29, 1.82) is 0 Å². The van der Waals surface area contributed by atoms with Crippen molar-refractivity contribution in [2.75, 3.05) is 5.32 Å². The Morgan fingerprint density at radius 2 is 1.97 bits per heavy atom. The summed E-state index contributed by atoms with van der Waals surface area (Å²) in [7, 11) is 0. The predicted molar refractivity (Wildman–Crippen MR) is 120 cm³/mol. The zero-order chi connectivity index (χ0) is 19.8. The summed E-state index contributed by atoms with van der Waals surface area (Å²) < 4.78 is 2.21. The van der Waals surface area contributed by atoms with Gasteiger partial charge >= 0.3 is 0 Å². The van der Waals surface area contributed by atoms with Crippen LogP contribution in [-0.2, 0) is 4.79 Å². The molecule has 0 bridgehead atoms. The molecule has 2 aromatic heterocycles. The first-order valence-electron chi connectivity index (χ1n) is 9.65. The second kappa shape index (κ2) is 7.65. The van der Waals surface area contributed by atoms with E-state index in [1.54, 1.807) is 11.3 Å². The molecule has 29 heavy (non-hydrogen) atoms. The van der Waals surface area contributed by atoms with Crippen molar-refractivity contribution in [3.8, 4) is 10.7 Å². The largest absolute Gasteiger partial charge is 0.325 e. The Hall–Kier alpha value is -2.64. The number of anilines is 1. The standard InChI is InChI=1S/C22H20N4OS2/c1-14(21(27)23-18-9-4-7-15-6-2-3-8-17(15)18)29-22-25-24-20(19-10-5-13-28-19)26(22)16-11-12-16/h2-10,13-14,16H,11-12H2,1H3,(H,23,27). The minimum atomic E-state index is -0.285. The molecule has 1 fully saturated rings. The number of fused-ring (bicyclic) bond motifs is 1. The highest BCUT2D eigenvalue weighted by Crippen LogP contribution is 2.42. The molecule has 0 radical (unpaired) electrons. The lowest BCUT2D eigenvalue weighted by Crippen LogP contribution is -2.23. The van der Waals surface area contributed by atoms with Crippen LogP contribution in [0.5, 0.6) is 0 Å². The molecule has 146 valence electrons. The summed E-state index contributed by atoms with van der Waals surface area (Å²) in [5.41, 5.74) is 0.837. The third kappa shape index (κ3) is 3.68. The molecular formula is C22H20N4OS2. The molecular weight excluding hydrogens is 400 g/mol. The van der Waals surface area contributed by atoms with Crippen LogP contribution in [-0.4, -0.2) is 25.9 Å². The Labute approximate surface area is 177 Å². The number of carbonyl (C=O) groups is 1. The number of rotatable bonds is 6. The smallest absolute Gasteiger partial charge is 0.237 e. The number of hydrogen-bond donors (Lipinski definition) is 1. The van der Waals surface area contributed by atoms with Gasteiger partial charge in [-0.05, 0) is 42.7 Å². The Morgan fingerprint density at radius 3 is 2.76 bits per heavy atom. The molecule has 1 aliphatic carbocycles. The van der Waals surface area contributed by atoms with Gasteiger partial charge in [0.25, 0.3) is 0 Å². The maximum absolute atomic E-state index is 12.9. The highest BCUT2D eigenvalue weighted by atomic mass is 32.2. The van der Waals surface area contributed by atoms with Gasteiger partial charge in [-0.3, -0.25) is 9.36 Å². The minimum Gasteiger partial charge on any atom is -0.325 e. The van der Waals surface area contributed by atoms with Gasteiger partial charge in [0.05, 0.1) is 10.1 Å². The van der Waals surface area contributed by atoms with Gasteiger partial charge in [-0.2, -0.15) is 0 Å². The molecule has 1 unspecified atom stereocenters. The normalized spacial score (nSPS) is 14.8. The number of thioether (sulfide) groups is 1. The lowest BCUT2D eigenvalue weighted by molar-refractivity contribution is -0.115. The van der Waals surface area contributed by atoms with Crippen LogP contribution in [0.25, 0.3) is 21.5 Å². The topological polar surface area (TPSA) is 59.8 Å². The number of nitrogens with one attached hydrogen (secondary N) is 1. The van der Waals surface area contributed by atoms with Crippen molar-refractivity contribution in [3.63, 3.8) is 0 Å². The monoisotopic (exact) mass is 420 g/mol. The molecule has 0 spiro atoms. The summed E-state index contributed by atoms with van der Waals surface area (Å²) in [4.78, 5) is 14.0. The molecule has 5 rings (SSSR count). The second-order valence-electron chi connectivity index (χ2n) is 7.16. The van der Waals surface area contributed by atoms with Gasteiger partial charge in [0.2, 0.25) is 5.91 Å². The number of hydrogen-bond acceptors (Lipinski definition) is 5. The average Bonchev–Trinajstić information content (AvgIpc) is 3.25. The highest BCUT2D eigenvalue weighted by molar-refractivity contribution is 8.00. The number of carbonyl (C=O) groups excluding carboxylic acids is 1. The SMILES string of the molecule is CC(Sc1nnc(-c2cccs2)n1C1CC1)C(=O)Nc1cccc2ccccc12. The predicted octanol–water partition coefficient (Wildman–Crippen LogP) is 5.61. The summed E-state index contributed by atoms with van der Waals surface area (Å²) >= 11 is 3.14. The van der Waals surface area contributed by atoms with E-state index >= 15 is 0 Å². The van der Waals surface area contributed by atoms with Gasteiger partial charge in [-0.15, -0.1) is 21.5 Å².